The van der Waals surface area contributed by atoms with Gasteiger partial charge in [0.2, 0.25) is 0 Å². The molecule has 0 fully saturated rings. The molecule has 1 aromatic heterocycles. The molecule has 0 radical (unpaired) electrons. The standard InChI is InChI=1S/C26H33ClN2OS/c1-3-5-16-29(17-6-4-2)18-7-19-30-23-12-8-21(9-13-23)10-15-26-28-24-20-22(27)11-14-25(24)31-26/h8-15,20H,3-7,16-19H2,1-2H3. The van der Waals surface area contributed by atoms with Crippen molar-refractivity contribution in [1.29, 1.82) is 0 Å². The molecule has 166 valence electrons. The molecule has 3 aromatic rings. The minimum atomic E-state index is 0.721. The van der Waals surface area contributed by atoms with Crippen molar-refractivity contribution >= 4 is 45.3 Å². The van der Waals surface area contributed by atoms with Gasteiger partial charge in [-0.25, -0.2) is 4.98 Å². The average molecular weight is 457 g/mol. The van der Waals surface area contributed by atoms with Gasteiger partial charge in [0.05, 0.1) is 16.8 Å². The van der Waals surface area contributed by atoms with Crippen LogP contribution in [0.1, 0.15) is 56.5 Å². The van der Waals surface area contributed by atoms with Crippen LogP contribution in [0.5, 0.6) is 5.75 Å². The zero-order chi connectivity index (χ0) is 21.9. The molecule has 0 saturated carbocycles. The Morgan fingerprint density at radius 3 is 2.35 bits per heavy atom. The zero-order valence-corrected chi connectivity index (χ0v) is 20.2. The smallest absolute Gasteiger partial charge is 0.119 e. The van der Waals surface area contributed by atoms with Crippen LogP contribution in [0.2, 0.25) is 5.02 Å². The maximum atomic E-state index is 6.05. The molecule has 0 spiro atoms. The van der Waals surface area contributed by atoms with E-state index in [4.69, 9.17) is 16.3 Å². The van der Waals surface area contributed by atoms with E-state index in [0.29, 0.717) is 0 Å². The van der Waals surface area contributed by atoms with E-state index < -0.39 is 0 Å². The molecule has 3 rings (SSSR count). The maximum absolute atomic E-state index is 6.05. The fourth-order valence-corrected chi connectivity index (χ4v) is 4.43. The Morgan fingerprint density at radius 1 is 0.935 bits per heavy atom. The number of fused-ring (bicyclic) bond motifs is 1. The number of aromatic nitrogens is 1. The number of hydrogen-bond acceptors (Lipinski definition) is 4. The highest BCUT2D eigenvalue weighted by Gasteiger charge is 2.04. The first kappa shape index (κ1) is 23.8. The quantitative estimate of drug-likeness (QED) is 0.245. The van der Waals surface area contributed by atoms with Crippen molar-refractivity contribution in [2.75, 3.05) is 26.2 Å². The van der Waals surface area contributed by atoms with Crippen LogP contribution in [0.15, 0.2) is 42.5 Å². The Morgan fingerprint density at radius 2 is 1.65 bits per heavy atom. The average Bonchev–Trinajstić information content (AvgIpc) is 3.19. The van der Waals surface area contributed by atoms with Gasteiger partial charge in [0.1, 0.15) is 10.8 Å². The van der Waals surface area contributed by atoms with Crippen molar-refractivity contribution in [1.82, 2.24) is 9.88 Å². The molecule has 5 heteroatoms. The van der Waals surface area contributed by atoms with E-state index in [9.17, 15) is 0 Å². The largest absolute Gasteiger partial charge is 0.494 e. The molecule has 0 aliphatic rings. The lowest BCUT2D eigenvalue weighted by Crippen LogP contribution is -2.28. The Labute approximate surface area is 195 Å². The van der Waals surface area contributed by atoms with Crippen molar-refractivity contribution in [2.45, 2.75) is 46.0 Å². The lowest BCUT2D eigenvalue weighted by atomic mass is 10.2. The van der Waals surface area contributed by atoms with Crippen molar-refractivity contribution < 1.29 is 4.74 Å². The third kappa shape index (κ3) is 7.95. The molecule has 0 aliphatic heterocycles. The summed E-state index contributed by atoms with van der Waals surface area (Å²) < 4.78 is 7.11. The summed E-state index contributed by atoms with van der Waals surface area (Å²) in [6, 6.07) is 14.1. The molecular formula is C26H33ClN2OS. The third-order valence-corrected chi connectivity index (χ3v) is 6.44. The molecule has 2 aromatic carbocycles. The molecule has 0 N–H and O–H groups in total. The maximum Gasteiger partial charge on any atom is 0.119 e. The lowest BCUT2D eigenvalue weighted by molar-refractivity contribution is 0.229. The Balaban J connectivity index is 1.45. The second-order valence-corrected chi connectivity index (χ2v) is 9.32. The van der Waals surface area contributed by atoms with Crippen LogP contribution in [-0.4, -0.2) is 36.1 Å². The van der Waals surface area contributed by atoms with E-state index in [-0.39, 0.29) is 0 Å². The molecular weight excluding hydrogens is 424 g/mol. The van der Waals surface area contributed by atoms with E-state index >= 15 is 0 Å². The van der Waals surface area contributed by atoms with E-state index in [2.05, 4.69) is 48.0 Å². The van der Waals surface area contributed by atoms with Gasteiger partial charge in [0, 0.05) is 11.6 Å². The van der Waals surface area contributed by atoms with Crippen molar-refractivity contribution in [3.05, 3.63) is 58.1 Å². The summed E-state index contributed by atoms with van der Waals surface area (Å²) in [6.07, 6.45) is 10.3. The van der Waals surface area contributed by atoms with Gasteiger partial charge in [-0.1, -0.05) is 56.5 Å². The summed E-state index contributed by atoms with van der Waals surface area (Å²) in [4.78, 5) is 7.21. The highest BCUT2D eigenvalue weighted by molar-refractivity contribution is 7.19. The van der Waals surface area contributed by atoms with Crippen LogP contribution < -0.4 is 4.74 Å². The summed E-state index contributed by atoms with van der Waals surface area (Å²) in [5, 5.41) is 1.70. The fraction of sp³-hybridized carbons (Fsp3) is 0.423. The molecule has 31 heavy (non-hydrogen) atoms. The monoisotopic (exact) mass is 456 g/mol. The number of thiazole rings is 1. The van der Waals surface area contributed by atoms with Gasteiger partial charge in [0.25, 0.3) is 0 Å². The van der Waals surface area contributed by atoms with E-state index in [1.54, 1.807) is 11.3 Å². The number of unbranched alkanes of at least 4 members (excludes halogenated alkanes) is 2. The number of halogens is 1. The van der Waals surface area contributed by atoms with Crippen molar-refractivity contribution in [2.24, 2.45) is 0 Å². The van der Waals surface area contributed by atoms with Crippen LogP contribution in [0, 0.1) is 0 Å². The first-order valence-corrected chi connectivity index (χ1v) is 12.6. The minimum Gasteiger partial charge on any atom is -0.494 e. The zero-order valence-electron chi connectivity index (χ0n) is 18.6. The number of rotatable bonds is 13. The molecule has 3 nitrogen and oxygen atoms in total. The predicted molar refractivity (Wildman–Crippen MR) is 136 cm³/mol. The summed E-state index contributed by atoms with van der Waals surface area (Å²) in [6.45, 7) is 8.81. The first-order chi connectivity index (χ1) is 15.2. The third-order valence-electron chi connectivity index (χ3n) is 5.21. The number of ether oxygens (including phenoxy) is 1. The van der Waals surface area contributed by atoms with Crippen LogP contribution in [0.25, 0.3) is 22.4 Å². The van der Waals surface area contributed by atoms with Crippen LogP contribution in [0.3, 0.4) is 0 Å². The van der Waals surface area contributed by atoms with E-state index in [0.717, 1.165) is 51.1 Å². The summed E-state index contributed by atoms with van der Waals surface area (Å²) in [5.74, 6) is 0.931. The molecule has 1 heterocycles. The molecule has 0 aliphatic carbocycles. The second kappa shape index (κ2) is 12.8. The number of nitrogens with zero attached hydrogens (tertiary/aromatic N) is 2. The first-order valence-electron chi connectivity index (χ1n) is 11.4. The molecule has 0 unspecified atom stereocenters. The van der Waals surface area contributed by atoms with Gasteiger partial charge >= 0.3 is 0 Å². The van der Waals surface area contributed by atoms with Gasteiger partial charge < -0.3 is 9.64 Å². The minimum absolute atomic E-state index is 0.721. The Bertz CT molecular complexity index is 944. The second-order valence-electron chi connectivity index (χ2n) is 7.82. The van der Waals surface area contributed by atoms with Crippen LogP contribution in [0.4, 0.5) is 0 Å². The lowest BCUT2D eigenvalue weighted by Gasteiger charge is -2.21. The number of hydrogen-bond donors (Lipinski definition) is 0. The summed E-state index contributed by atoms with van der Waals surface area (Å²) >= 11 is 7.72. The molecule has 0 atom stereocenters. The predicted octanol–water partition coefficient (Wildman–Crippen LogP) is 7.79. The van der Waals surface area contributed by atoms with Gasteiger partial charge in [-0.05, 0) is 74.3 Å². The Kier molecular flexibility index (Phi) is 9.85. The van der Waals surface area contributed by atoms with Gasteiger partial charge in [-0.2, -0.15) is 0 Å². The van der Waals surface area contributed by atoms with E-state index in [1.807, 2.05) is 30.3 Å². The molecule has 0 bridgehead atoms. The normalized spacial score (nSPS) is 11.7. The van der Waals surface area contributed by atoms with Crippen molar-refractivity contribution in [3.8, 4) is 5.75 Å². The highest BCUT2D eigenvalue weighted by Crippen LogP contribution is 2.26. The van der Waals surface area contributed by atoms with Gasteiger partial charge in [-0.3, -0.25) is 0 Å². The van der Waals surface area contributed by atoms with Crippen molar-refractivity contribution in [3.63, 3.8) is 0 Å². The van der Waals surface area contributed by atoms with Gasteiger partial charge in [0.15, 0.2) is 0 Å². The van der Waals surface area contributed by atoms with Gasteiger partial charge in [-0.15, -0.1) is 11.3 Å². The fourth-order valence-electron chi connectivity index (χ4n) is 3.41. The number of benzene rings is 2. The highest BCUT2D eigenvalue weighted by atomic mass is 35.5. The van der Waals surface area contributed by atoms with Crippen LogP contribution >= 0.6 is 22.9 Å². The van der Waals surface area contributed by atoms with E-state index in [1.165, 1.54) is 38.8 Å². The SMILES string of the molecule is CCCCN(CCCC)CCCOc1ccc(C=Cc2nc3cc(Cl)ccc3s2)cc1. The van der Waals surface area contributed by atoms with Crippen LogP contribution in [-0.2, 0) is 0 Å². The molecule has 0 saturated heterocycles. The summed E-state index contributed by atoms with van der Waals surface area (Å²) in [5.41, 5.74) is 2.08. The topological polar surface area (TPSA) is 25.4 Å². The Hall–Kier alpha value is -1.88. The molecule has 0 amide bonds. The summed E-state index contributed by atoms with van der Waals surface area (Å²) in [7, 11) is 0.